The van der Waals surface area contributed by atoms with Crippen LogP contribution in [-0.2, 0) is 12.7 Å². The number of thiazole rings is 1. The molecule has 0 aliphatic rings. The standard InChI is InChI=1S/C16H11F3N4S2/c1-24-15-22-11-3-2-9(4-13(11)25-15)7-23-8-21-12-5-10(16(17,18)19)6-20-14(12)23/h2-6,8H,7H2,1H3. The minimum absolute atomic E-state index is 0.235. The van der Waals surface area contributed by atoms with Gasteiger partial charge in [-0.1, -0.05) is 17.8 Å². The van der Waals surface area contributed by atoms with Gasteiger partial charge in [-0.25, -0.2) is 15.0 Å². The third-order valence-corrected chi connectivity index (χ3v) is 5.75. The Kier molecular flexibility index (Phi) is 3.92. The van der Waals surface area contributed by atoms with Crippen LogP contribution in [0.3, 0.4) is 0 Å². The summed E-state index contributed by atoms with van der Waals surface area (Å²) in [6, 6.07) is 6.98. The van der Waals surface area contributed by atoms with E-state index >= 15 is 0 Å². The van der Waals surface area contributed by atoms with E-state index in [9.17, 15) is 13.2 Å². The number of halogens is 3. The first-order valence-corrected chi connectivity index (χ1v) is 9.30. The van der Waals surface area contributed by atoms with Gasteiger partial charge in [-0.3, -0.25) is 0 Å². The highest BCUT2D eigenvalue weighted by Gasteiger charge is 2.31. The summed E-state index contributed by atoms with van der Waals surface area (Å²) in [6.45, 7) is 0.483. The second-order valence-electron chi connectivity index (χ2n) is 5.42. The molecule has 0 saturated carbocycles. The zero-order valence-corrected chi connectivity index (χ0v) is 14.5. The van der Waals surface area contributed by atoms with E-state index in [1.165, 1.54) is 6.33 Å². The van der Waals surface area contributed by atoms with Crippen molar-refractivity contribution in [1.82, 2.24) is 19.5 Å². The van der Waals surface area contributed by atoms with Crippen molar-refractivity contribution in [2.45, 2.75) is 17.1 Å². The van der Waals surface area contributed by atoms with Crippen molar-refractivity contribution in [2.24, 2.45) is 0 Å². The highest BCUT2D eigenvalue weighted by molar-refractivity contribution is 8.00. The number of benzene rings is 1. The smallest absolute Gasteiger partial charge is 0.311 e. The Morgan fingerprint density at radius 3 is 2.76 bits per heavy atom. The van der Waals surface area contributed by atoms with Gasteiger partial charge in [-0.05, 0) is 30.0 Å². The number of pyridine rings is 1. The molecule has 25 heavy (non-hydrogen) atoms. The van der Waals surface area contributed by atoms with Crippen LogP contribution in [0.5, 0.6) is 0 Å². The van der Waals surface area contributed by atoms with Crippen LogP contribution in [-0.4, -0.2) is 25.8 Å². The summed E-state index contributed by atoms with van der Waals surface area (Å²) in [4.78, 5) is 12.5. The molecule has 0 saturated heterocycles. The number of rotatable bonds is 3. The molecule has 4 nitrogen and oxygen atoms in total. The molecule has 0 spiro atoms. The lowest BCUT2D eigenvalue weighted by atomic mass is 10.2. The highest BCUT2D eigenvalue weighted by atomic mass is 32.2. The van der Waals surface area contributed by atoms with Gasteiger partial charge in [0.25, 0.3) is 0 Å². The average Bonchev–Trinajstić information content (AvgIpc) is 3.17. The molecule has 0 N–H and O–H groups in total. The predicted molar refractivity (Wildman–Crippen MR) is 93.0 cm³/mol. The van der Waals surface area contributed by atoms with Gasteiger partial charge in [-0.15, -0.1) is 11.3 Å². The van der Waals surface area contributed by atoms with Crippen molar-refractivity contribution in [3.8, 4) is 0 Å². The van der Waals surface area contributed by atoms with Gasteiger partial charge in [0.1, 0.15) is 5.52 Å². The molecule has 0 atom stereocenters. The number of thioether (sulfide) groups is 1. The molecule has 0 aliphatic carbocycles. The molecular formula is C16H11F3N4S2. The lowest BCUT2D eigenvalue weighted by Crippen LogP contribution is -2.06. The zero-order chi connectivity index (χ0) is 17.6. The lowest BCUT2D eigenvalue weighted by molar-refractivity contribution is -0.137. The first-order chi connectivity index (χ1) is 11.9. The van der Waals surface area contributed by atoms with Gasteiger partial charge < -0.3 is 4.57 Å². The van der Waals surface area contributed by atoms with Crippen LogP contribution in [0.2, 0.25) is 0 Å². The van der Waals surface area contributed by atoms with E-state index in [0.717, 1.165) is 32.4 Å². The predicted octanol–water partition coefficient (Wildman–Crippen LogP) is 4.83. The molecule has 4 aromatic rings. The fraction of sp³-hybridized carbons (Fsp3) is 0.188. The van der Waals surface area contributed by atoms with Crippen LogP contribution in [0.15, 0.2) is 41.1 Å². The minimum atomic E-state index is -4.42. The Hall–Kier alpha value is -2.13. The summed E-state index contributed by atoms with van der Waals surface area (Å²) in [5.41, 5.74) is 1.84. The summed E-state index contributed by atoms with van der Waals surface area (Å²) in [5, 5.41) is 0. The van der Waals surface area contributed by atoms with Gasteiger partial charge in [0.2, 0.25) is 0 Å². The van der Waals surface area contributed by atoms with Crippen molar-refractivity contribution in [3.63, 3.8) is 0 Å². The topological polar surface area (TPSA) is 43.6 Å². The molecule has 4 rings (SSSR count). The van der Waals surface area contributed by atoms with Crippen molar-refractivity contribution in [1.29, 1.82) is 0 Å². The van der Waals surface area contributed by atoms with E-state index in [-0.39, 0.29) is 5.52 Å². The van der Waals surface area contributed by atoms with E-state index in [1.54, 1.807) is 27.7 Å². The monoisotopic (exact) mass is 380 g/mol. The fourth-order valence-corrected chi connectivity index (χ4v) is 4.10. The van der Waals surface area contributed by atoms with Crippen molar-refractivity contribution >= 4 is 44.5 Å². The second kappa shape index (κ2) is 5.99. The van der Waals surface area contributed by atoms with Crippen molar-refractivity contribution < 1.29 is 13.2 Å². The van der Waals surface area contributed by atoms with Crippen LogP contribution in [0.4, 0.5) is 13.2 Å². The Balaban J connectivity index is 1.68. The van der Waals surface area contributed by atoms with Crippen molar-refractivity contribution in [3.05, 3.63) is 47.9 Å². The largest absolute Gasteiger partial charge is 0.417 e. The number of alkyl halides is 3. The van der Waals surface area contributed by atoms with Gasteiger partial charge >= 0.3 is 6.18 Å². The van der Waals surface area contributed by atoms with Crippen LogP contribution in [0, 0.1) is 0 Å². The molecule has 3 heterocycles. The summed E-state index contributed by atoms with van der Waals surface area (Å²) >= 11 is 3.22. The lowest BCUT2D eigenvalue weighted by Gasteiger charge is -2.07. The second-order valence-corrected chi connectivity index (χ2v) is 7.51. The first-order valence-electron chi connectivity index (χ1n) is 7.25. The number of aromatic nitrogens is 4. The molecule has 0 bridgehead atoms. The quantitative estimate of drug-likeness (QED) is 0.478. The molecule has 1 aromatic carbocycles. The number of hydrogen-bond acceptors (Lipinski definition) is 5. The minimum Gasteiger partial charge on any atom is -0.311 e. The maximum absolute atomic E-state index is 12.8. The molecule has 0 fully saturated rings. The van der Waals surface area contributed by atoms with E-state index in [1.807, 2.05) is 24.5 Å². The van der Waals surface area contributed by atoms with E-state index in [0.29, 0.717) is 12.2 Å². The molecule has 128 valence electrons. The summed E-state index contributed by atoms with van der Waals surface area (Å²) in [5.74, 6) is 0. The van der Waals surface area contributed by atoms with Crippen molar-refractivity contribution in [2.75, 3.05) is 6.26 Å². The number of fused-ring (bicyclic) bond motifs is 2. The molecule has 3 aromatic heterocycles. The zero-order valence-electron chi connectivity index (χ0n) is 12.9. The van der Waals surface area contributed by atoms with E-state index in [2.05, 4.69) is 15.0 Å². The number of imidazole rings is 1. The molecule has 0 aliphatic heterocycles. The van der Waals surface area contributed by atoms with Gasteiger partial charge in [0, 0.05) is 6.20 Å². The number of nitrogens with zero attached hydrogens (tertiary/aromatic N) is 4. The Bertz CT molecular complexity index is 1070. The fourth-order valence-electron chi connectivity index (χ4n) is 2.55. The first kappa shape index (κ1) is 16.3. The molecule has 9 heteroatoms. The van der Waals surface area contributed by atoms with Gasteiger partial charge in [0.05, 0.1) is 28.7 Å². The van der Waals surface area contributed by atoms with Crippen LogP contribution in [0.1, 0.15) is 11.1 Å². The Morgan fingerprint density at radius 2 is 2.00 bits per heavy atom. The van der Waals surface area contributed by atoms with Crippen LogP contribution < -0.4 is 0 Å². The van der Waals surface area contributed by atoms with E-state index < -0.39 is 11.7 Å². The summed E-state index contributed by atoms with van der Waals surface area (Å²) in [6.07, 6.45) is -0.0754. The Labute approximate surface area is 148 Å². The number of hydrogen-bond donors (Lipinski definition) is 0. The highest BCUT2D eigenvalue weighted by Crippen LogP contribution is 2.31. The summed E-state index contributed by atoms with van der Waals surface area (Å²) in [7, 11) is 0. The maximum atomic E-state index is 12.8. The third kappa shape index (κ3) is 3.09. The molecule has 0 radical (unpaired) electrons. The van der Waals surface area contributed by atoms with Crippen LogP contribution in [0.25, 0.3) is 21.4 Å². The van der Waals surface area contributed by atoms with Crippen LogP contribution >= 0.6 is 23.1 Å². The molecule has 0 unspecified atom stereocenters. The maximum Gasteiger partial charge on any atom is 0.417 e. The normalized spacial score (nSPS) is 12.3. The van der Waals surface area contributed by atoms with E-state index in [4.69, 9.17) is 0 Å². The average molecular weight is 380 g/mol. The van der Waals surface area contributed by atoms with Gasteiger partial charge in [0.15, 0.2) is 9.99 Å². The van der Waals surface area contributed by atoms with Gasteiger partial charge in [-0.2, -0.15) is 13.2 Å². The molecular weight excluding hydrogens is 369 g/mol. The Morgan fingerprint density at radius 1 is 1.16 bits per heavy atom. The molecule has 0 amide bonds. The summed E-state index contributed by atoms with van der Waals surface area (Å²) < 4.78 is 42.1. The SMILES string of the molecule is CSc1nc2ccc(Cn3cnc4cc(C(F)(F)F)cnc43)cc2s1. The third-order valence-electron chi connectivity index (χ3n) is 3.74.